The first-order valence-electron chi connectivity index (χ1n) is 7.97. The lowest BCUT2D eigenvalue weighted by atomic mass is 10.2. The van der Waals surface area contributed by atoms with Crippen LogP contribution in [0.1, 0.15) is 37.8 Å². The highest BCUT2D eigenvalue weighted by atomic mass is 16.2. The summed E-state index contributed by atoms with van der Waals surface area (Å²) in [6.45, 7) is 5.86. The van der Waals surface area contributed by atoms with Crippen LogP contribution in [-0.2, 0) is 0 Å². The summed E-state index contributed by atoms with van der Waals surface area (Å²) in [6.07, 6.45) is 1.65. The van der Waals surface area contributed by atoms with E-state index in [-0.39, 0.29) is 5.91 Å². The van der Waals surface area contributed by atoms with Crippen molar-refractivity contribution in [1.29, 1.82) is 0 Å². The molecule has 0 aliphatic rings. The topological polar surface area (TPSA) is 78.9 Å². The van der Waals surface area contributed by atoms with Crippen molar-refractivity contribution >= 4 is 11.8 Å². The van der Waals surface area contributed by atoms with Crippen LogP contribution in [0, 0.1) is 20.8 Å². The fourth-order valence-electron chi connectivity index (χ4n) is 2.88. The van der Waals surface area contributed by atoms with Gasteiger partial charge >= 0.3 is 0 Å². The van der Waals surface area contributed by atoms with E-state index in [1.54, 1.807) is 18.3 Å². The molecule has 2 aromatic heterocycles. The molecule has 2 heterocycles. The van der Waals surface area contributed by atoms with Crippen LogP contribution in [0.2, 0.25) is 0 Å². The molecule has 3 N–H and O–H groups in total. The maximum Gasteiger partial charge on any atom is 0.286 e. The highest BCUT2D eigenvalue weighted by molar-refractivity contribution is 5.99. The van der Waals surface area contributed by atoms with Gasteiger partial charge in [0.15, 0.2) is 0 Å². The number of hydrogen-bond donors (Lipinski definition) is 3. The van der Waals surface area contributed by atoms with Crippen LogP contribution in [0.5, 0.6) is 0 Å². The Kier molecular flexibility index (Phi) is 4.43. The number of carbonyl (C=O) groups excluding carboxylic acids is 2. The van der Waals surface area contributed by atoms with Crippen LogP contribution in [-0.4, -0.2) is 21.4 Å². The number of nitrogens with zero attached hydrogens (tertiary/aromatic N) is 1. The molecule has 2 amide bonds. The van der Waals surface area contributed by atoms with Gasteiger partial charge in [0.1, 0.15) is 5.69 Å². The van der Waals surface area contributed by atoms with E-state index < -0.39 is 5.91 Å². The van der Waals surface area contributed by atoms with Crippen molar-refractivity contribution in [1.82, 2.24) is 20.4 Å². The van der Waals surface area contributed by atoms with Crippen molar-refractivity contribution < 1.29 is 9.59 Å². The summed E-state index contributed by atoms with van der Waals surface area (Å²) < 4.78 is 2.02. The molecule has 0 bridgehead atoms. The summed E-state index contributed by atoms with van der Waals surface area (Å²) in [7, 11) is 0. The second kappa shape index (κ2) is 6.68. The van der Waals surface area contributed by atoms with Crippen LogP contribution in [0.25, 0.3) is 5.69 Å². The van der Waals surface area contributed by atoms with Gasteiger partial charge in [0, 0.05) is 23.3 Å². The second-order valence-corrected chi connectivity index (χ2v) is 5.95. The standard InChI is InChI=1S/C19H20N4O2/c1-12-6-4-7-15(10-12)23-13(2)11-16(14(23)3)18(24)21-22-19(25)17-8-5-9-20-17/h4-11,20H,1-3H3,(H,21,24)(H,22,25). The smallest absolute Gasteiger partial charge is 0.286 e. The van der Waals surface area contributed by atoms with Crippen LogP contribution in [0.15, 0.2) is 48.7 Å². The molecule has 0 unspecified atom stereocenters. The Hall–Kier alpha value is -3.28. The number of aryl methyl sites for hydroxylation is 2. The molecule has 6 heteroatoms. The van der Waals surface area contributed by atoms with E-state index >= 15 is 0 Å². The third-order valence-electron chi connectivity index (χ3n) is 4.07. The van der Waals surface area contributed by atoms with Crippen LogP contribution < -0.4 is 10.9 Å². The number of aromatic amines is 1. The molecule has 25 heavy (non-hydrogen) atoms. The van der Waals surface area contributed by atoms with Gasteiger partial charge in [-0.25, -0.2) is 0 Å². The summed E-state index contributed by atoms with van der Waals surface area (Å²) in [5, 5.41) is 0. The Balaban J connectivity index is 1.80. The fraction of sp³-hybridized carbons (Fsp3) is 0.158. The quantitative estimate of drug-likeness (QED) is 0.643. The lowest BCUT2D eigenvalue weighted by Crippen LogP contribution is -2.41. The maximum atomic E-state index is 12.5. The Morgan fingerprint density at radius 3 is 2.40 bits per heavy atom. The molecule has 0 radical (unpaired) electrons. The van der Waals surface area contributed by atoms with E-state index in [0.717, 1.165) is 22.6 Å². The Morgan fingerprint density at radius 2 is 1.72 bits per heavy atom. The molecule has 1 aromatic carbocycles. The van der Waals surface area contributed by atoms with Crippen LogP contribution in [0.4, 0.5) is 0 Å². The van der Waals surface area contributed by atoms with Gasteiger partial charge in [-0.2, -0.15) is 0 Å². The lowest BCUT2D eigenvalue weighted by Gasteiger charge is -2.11. The zero-order valence-corrected chi connectivity index (χ0v) is 14.4. The predicted octanol–water partition coefficient (Wildman–Crippen LogP) is 2.81. The molecule has 0 saturated heterocycles. The fourth-order valence-corrected chi connectivity index (χ4v) is 2.88. The molecule has 128 valence electrons. The van der Waals surface area contributed by atoms with Crippen molar-refractivity contribution in [2.45, 2.75) is 20.8 Å². The number of rotatable bonds is 3. The zero-order valence-electron chi connectivity index (χ0n) is 14.4. The SMILES string of the molecule is Cc1cccc(-n2c(C)cc(C(=O)NNC(=O)c3ccc[nH]3)c2C)c1. The highest BCUT2D eigenvalue weighted by Gasteiger charge is 2.17. The summed E-state index contributed by atoms with van der Waals surface area (Å²) in [6, 6.07) is 13.2. The molecule has 3 aromatic rings. The van der Waals surface area contributed by atoms with Gasteiger partial charge in [-0.15, -0.1) is 0 Å². The van der Waals surface area contributed by atoms with Gasteiger partial charge < -0.3 is 9.55 Å². The van der Waals surface area contributed by atoms with Crippen molar-refractivity contribution in [3.05, 3.63) is 76.9 Å². The number of carbonyl (C=O) groups is 2. The number of H-pyrrole nitrogens is 1. The van der Waals surface area contributed by atoms with Crippen molar-refractivity contribution in [3.8, 4) is 5.69 Å². The first-order valence-corrected chi connectivity index (χ1v) is 7.97. The van der Waals surface area contributed by atoms with Crippen LogP contribution in [0.3, 0.4) is 0 Å². The van der Waals surface area contributed by atoms with Gasteiger partial charge in [-0.1, -0.05) is 12.1 Å². The number of aromatic nitrogens is 2. The van der Waals surface area contributed by atoms with E-state index in [9.17, 15) is 9.59 Å². The Bertz CT molecular complexity index is 923. The van der Waals surface area contributed by atoms with Gasteiger partial charge in [0.25, 0.3) is 11.8 Å². The van der Waals surface area contributed by atoms with Crippen LogP contribution >= 0.6 is 0 Å². The second-order valence-electron chi connectivity index (χ2n) is 5.95. The largest absolute Gasteiger partial charge is 0.357 e. The maximum absolute atomic E-state index is 12.5. The predicted molar refractivity (Wildman–Crippen MR) is 95.7 cm³/mol. The number of hydrazine groups is 1. The molecule has 6 nitrogen and oxygen atoms in total. The Labute approximate surface area is 145 Å². The van der Waals surface area contributed by atoms with Crippen molar-refractivity contribution in [2.24, 2.45) is 0 Å². The minimum absolute atomic E-state index is 0.355. The number of nitrogens with one attached hydrogen (secondary N) is 3. The minimum Gasteiger partial charge on any atom is -0.357 e. The van der Waals surface area contributed by atoms with Gasteiger partial charge in [0.05, 0.1) is 5.56 Å². The minimum atomic E-state index is -0.397. The summed E-state index contributed by atoms with van der Waals surface area (Å²) in [4.78, 5) is 27.1. The summed E-state index contributed by atoms with van der Waals surface area (Å²) in [5.41, 5.74) is 9.68. The molecule has 0 fully saturated rings. The van der Waals surface area contributed by atoms with E-state index in [4.69, 9.17) is 0 Å². The molecule has 3 rings (SSSR count). The molecule has 0 saturated carbocycles. The third kappa shape index (κ3) is 3.33. The zero-order chi connectivity index (χ0) is 18.0. The van der Waals surface area contributed by atoms with Gasteiger partial charge in [-0.3, -0.25) is 20.4 Å². The lowest BCUT2D eigenvalue weighted by molar-refractivity contribution is 0.0844. The molecule has 0 aliphatic heterocycles. The number of benzene rings is 1. The van der Waals surface area contributed by atoms with E-state index in [1.165, 1.54) is 0 Å². The first kappa shape index (κ1) is 16.6. The van der Waals surface area contributed by atoms with Crippen molar-refractivity contribution in [2.75, 3.05) is 0 Å². The first-order chi connectivity index (χ1) is 12.0. The molecular weight excluding hydrogens is 316 g/mol. The third-order valence-corrected chi connectivity index (χ3v) is 4.07. The number of hydrogen-bond acceptors (Lipinski definition) is 2. The van der Waals surface area contributed by atoms with Gasteiger partial charge in [0.2, 0.25) is 0 Å². The average molecular weight is 336 g/mol. The van der Waals surface area contributed by atoms with E-state index in [1.807, 2.05) is 49.6 Å². The molecule has 0 atom stereocenters. The average Bonchev–Trinajstić information content (AvgIpc) is 3.21. The Morgan fingerprint density at radius 1 is 0.960 bits per heavy atom. The summed E-state index contributed by atoms with van der Waals surface area (Å²) in [5.74, 6) is -0.752. The van der Waals surface area contributed by atoms with Gasteiger partial charge in [-0.05, 0) is 56.7 Å². The van der Waals surface area contributed by atoms with E-state index in [2.05, 4.69) is 21.9 Å². The molecular formula is C19H20N4O2. The monoisotopic (exact) mass is 336 g/mol. The highest BCUT2D eigenvalue weighted by Crippen LogP contribution is 2.21. The van der Waals surface area contributed by atoms with E-state index in [0.29, 0.717) is 11.3 Å². The van der Waals surface area contributed by atoms with Crippen molar-refractivity contribution in [3.63, 3.8) is 0 Å². The normalized spacial score (nSPS) is 10.5. The molecule has 0 aliphatic carbocycles. The number of amides is 2. The summed E-state index contributed by atoms with van der Waals surface area (Å²) >= 11 is 0. The molecule has 0 spiro atoms.